The first-order chi connectivity index (χ1) is 13.2. The molecule has 4 fully saturated rings. The van der Waals surface area contributed by atoms with Crippen LogP contribution in [0.25, 0.3) is 0 Å². The van der Waals surface area contributed by atoms with Gasteiger partial charge in [0.05, 0.1) is 12.8 Å². The molecule has 1 N–H and O–H groups in total. The monoisotopic (exact) mass is 390 g/mol. The summed E-state index contributed by atoms with van der Waals surface area (Å²) in [6, 6.07) is 0. The van der Waals surface area contributed by atoms with E-state index in [0.29, 0.717) is 34.9 Å². The van der Waals surface area contributed by atoms with Crippen LogP contribution in [-0.2, 0) is 19.1 Å². The first kappa shape index (κ1) is 19.9. The molecular weight excluding hydrogens is 356 g/mol. The van der Waals surface area contributed by atoms with Crippen LogP contribution in [0.1, 0.15) is 84.5 Å². The van der Waals surface area contributed by atoms with E-state index in [1.807, 2.05) is 0 Å². The van der Waals surface area contributed by atoms with Crippen LogP contribution in [0.5, 0.6) is 0 Å². The highest BCUT2D eigenvalue weighted by molar-refractivity contribution is 5.87. The number of aliphatic carboxylic acids is 1. The van der Waals surface area contributed by atoms with Crippen LogP contribution in [0.4, 0.5) is 0 Å². The number of Topliss-reactive ketones (excluding diaryl/α,β-unsaturated/α-hetero) is 1. The van der Waals surface area contributed by atoms with Gasteiger partial charge in [-0.05, 0) is 80.5 Å². The summed E-state index contributed by atoms with van der Waals surface area (Å²) in [5.41, 5.74) is 0.223. The Kier molecular flexibility index (Phi) is 5.08. The maximum absolute atomic E-state index is 12.5. The number of ketones is 1. The molecule has 0 aliphatic heterocycles. The highest BCUT2D eigenvalue weighted by Crippen LogP contribution is 2.65. The molecular formula is C23H34O5. The first-order valence-electron chi connectivity index (χ1n) is 11.2. The van der Waals surface area contributed by atoms with Crippen molar-refractivity contribution in [2.24, 2.45) is 34.5 Å². The molecule has 0 radical (unpaired) electrons. The van der Waals surface area contributed by atoms with Gasteiger partial charge in [-0.15, -0.1) is 0 Å². The Labute approximate surface area is 167 Å². The number of carboxylic acids is 1. The Hall–Kier alpha value is -1.39. The van der Waals surface area contributed by atoms with Gasteiger partial charge < -0.3 is 9.84 Å². The van der Waals surface area contributed by atoms with Gasteiger partial charge in [0, 0.05) is 11.8 Å². The standard InChI is InChI=1S/C23H34O5/c1-22-11-9-15(28-21(27)8-7-20(25)26)13-14(22)3-4-16-17-5-6-19(24)23(17,2)12-10-18(16)22/h14-18H,3-13H2,1-2H3,(H,25,26). The molecule has 5 heteroatoms. The van der Waals surface area contributed by atoms with Crippen molar-refractivity contribution in [1.29, 1.82) is 0 Å². The molecule has 4 aliphatic rings. The molecule has 0 aromatic heterocycles. The fourth-order valence-corrected chi connectivity index (χ4v) is 7.55. The molecule has 7 atom stereocenters. The third-order valence-corrected chi connectivity index (χ3v) is 9.17. The zero-order valence-corrected chi connectivity index (χ0v) is 17.2. The van der Waals surface area contributed by atoms with Crippen molar-refractivity contribution in [2.45, 2.75) is 90.6 Å². The number of fused-ring (bicyclic) bond motifs is 5. The molecule has 4 aliphatic carbocycles. The van der Waals surface area contributed by atoms with E-state index in [4.69, 9.17) is 9.84 Å². The van der Waals surface area contributed by atoms with E-state index in [0.717, 1.165) is 38.5 Å². The van der Waals surface area contributed by atoms with Crippen LogP contribution < -0.4 is 0 Å². The predicted octanol–water partition coefficient (Wildman–Crippen LogP) is 4.37. The van der Waals surface area contributed by atoms with Gasteiger partial charge in [-0.1, -0.05) is 13.8 Å². The average molecular weight is 391 g/mol. The minimum absolute atomic E-state index is 0.0350. The highest BCUT2D eigenvalue weighted by Gasteiger charge is 2.60. The Morgan fingerprint density at radius 1 is 1.04 bits per heavy atom. The van der Waals surface area contributed by atoms with E-state index >= 15 is 0 Å². The summed E-state index contributed by atoms with van der Waals surface area (Å²) in [5, 5.41) is 8.74. The fourth-order valence-electron chi connectivity index (χ4n) is 7.55. The summed E-state index contributed by atoms with van der Waals surface area (Å²) in [7, 11) is 0. The smallest absolute Gasteiger partial charge is 0.306 e. The summed E-state index contributed by atoms with van der Waals surface area (Å²) in [5.74, 6) is 1.69. The second-order valence-corrected chi connectivity index (χ2v) is 10.4. The van der Waals surface area contributed by atoms with Crippen molar-refractivity contribution in [3.05, 3.63) is 0 Å². The number of hydrogen-bond donors (Lipinski definition) is 1. The number of rotatable bonds is 4. The Morgan fingerprint density at radius 3 is 2.57 bits per heavy atom. The number of ether oxygens (including phenoxy) is 1. The lowest BCUT2D eigenvalue weighted by atomic mass is 9.45. The van der Waals surface area contributed by atoms with Gasteiger partial charge in [-0.3, -0.25) is 14.4 Å². The minimum atomic E-state index is -0.957. The molecule has 0 heterocycles. The van der Waals surface area contributed by atoms with Crippen LogP contribution in [0.3, 0.4) is 0 Å². The number of carboxylic acid groups (broad SMARTS) is 1. The number of esters is 1. The molecule has 28 heavy (non-hydrogen) atoms. The van der Waals surface area contributed by atoms with E-state index < -0.39 is 5.97 Å². The van der Waals surface area contributed by atoms with Crippen LogP contribution in [-0.4, -0.2) is 28.9 Å². The SMILES string of the molecule is CC12CCC3C(CCC4CC(OC(=O)CCC(=O)O)CCC43C)C1CCC2=O. The number of hydrogen-bond acceptors (Lipinski definition) is 4. The van der Waals surface area contributed by atoms with E-state index in [2.05, 4.69) is 13.8 Å². The van der Waals surface area contributed by atoms with Gasteiger partial charge in [0.25, 0.3) is 0 Å². The molecule has 5 nitrogen and oxygen atoms in total. The largest absolute Gasteiger partial charge is 0.481 e. The van der Waals surface area contributed by atoms with Crippen molar-refractivity contribution >= 4 is 17.7 Å². The van der Waals surface area contributed by atoms with Crippen molar-refractivity contribution in [3.8, 4) is 0 Å². The summed E-state index contributed by atoms with van der Waals surface area (Å²) < 4.78 is 5.62. The zero-order chi connectivity index (χ0) is 20.1. The van der Waals surface area contributed by atoms with Crippen LogP contribution in [0.15, 0.2) is 0 Å². The van der Waals surface area contributed by atoms with Gasteiger partial charge in [0.1, 0.15) is 11.9 Å². The van der Waals surface area contributed by atoms with Crippen LogP contribution in [0.2, 0.25) is 0 Å². The second-order valence-electron chi connectivity index (χ2n) is 10.4. The van der Waals surface area contributed by atoms with Gasteiger partial charge in [-0.2, -0.15) is 0 Å². The maximum Gasteiger partial charge on any atom is 0.306 e. The molecule has 0 aromatic rings. The van der Waals surface area contributed by atoms with Gasteiger partial charge in [-0.25, -0.2) is 0 Å². The molecule has 0 saturated heterocycles. The first-order valence-corrected chi connectivity index (χ1v) is 11.2. The average Bonchev–Trinajstić information content (AvgIpc) is 2.95. The lowest BCUT2D eigenvalue weighted by Gasteiger charge is -2.60. The number of carbonyl (C=O) groups is 3. The van der Waals surface area contributed by atoms with Gasteiger partial charge in [0.15, 0.2) is 0 Å². The van der Waals surface area contributed by atoms with Crippen molar-refractivity contribution < 1.29 is 24.2 Å². The lowest BCUT2D eigenvalue weighted by Crippen LogP contribution is -2.54. The second kappa shape index (κ2) is 7.14. The quantitative estimate of drug-likeness (QED) is 0.721. The normalized spacial score (nSPS) is 44.9. The third kappa shape index (κ3) is 3.19. The molecule has 0 bridgehead atoms. The topological polar surface area (TPSA) is 80.7 Å². The fraction of sp³-hybridized carbons (Fsp3) is 0.870. The lowest BCUT2D eigenvalue weighted by molar-refractivity contribution is -0.163. The summed E-state index contributed by atoms with van der Waals surface area (Å²) >= 11 is 0. The molecule has 0 spiro atoms. The summed E-state index contributed by atoms with van der Waals surface area (Å²) in [6.07, 6.45) is 9.08. The Balaban J connectivity index is 1.41. The molecule has 4 saturated carbocycles. The van der Waals surface area contributed by atoms with Gasteiger partial charge in [0.2, 0.25) is 0 Å². The molecule has 156 valence electrons. The Morgan fingerprint density at radius 2 is 1.82 bits per heavy atom. The third-order valence-electron chi connectivity index (χ3n) is 9.17. The van der Waals surface area contributed by atoms with Crippen LogP contribution in [0, 0.1) is 34.5 Å². The van der Waals surface area contributed by atoms with E-state index in [1.165, 1.54) is 19.3 Å². The van der Waals surface area contributed by atoms with Crippen molar-refractivity contribution in [2.75, 3.05) is 0 Å². The predicted molar refractivity (Wildman–Crippen MR) is 103 cm³/mol. The maximum atomic E-state index is 12.5. The molecule has 4 rings (SSSR count). The van der Waals surface area contributed by atoms with Crippen molar-refractivity contribution in [1.82, 2.24) is 0 Å². The molecule has 0 amide bonds. The number of carbonyl (C=O) groups excluding carboxylic acids is 2. The van der Waals surface area contributed by atoms with E-state index in [-0.39, 0.29) is 30.3 Å². The van der Waals surface area contributed by atoms with E-state index in [9.17, 15) is 14.4 Å². The minimum Gasteiger partial charge on any atom is -0.481 e. The van der Waals surface area contributed by atoms with Crippen LogP contribution >= 0.6 is 0 Å². The van der Waals surface area contributed by atoms with Gasteiger partial charge >= 0.3 is 11.9 Å². The van der Waals surface area contributed by atoms with E-state index in [1.54, 1.807) is 0 Å². The molecule has 0 aromatic carbocycles. The van der Waals surface area contributed by atoms with Crippen molar-refractivity contribution in [3.63, 3.8) is 0 Å². The summed E-state index contributed by atoms with van der Waals surface area (Å²) in [4.78, 5) is 35.1. The Bertz CT molecular complexity index is 672. The molecule has 7 unspecified atom stereocenters. The zero-order valence-electron chi connectivity index (χ0n) is 17.2. The highest BCUT2D eigenvalue weighted by atomic mass is 16.5. The summed E-state index contributed by atoms with van der Waals surface area (Å²) in [6.45, 7) is 4.68.